The highest BCUT2D eigenvalue weighted by Gasteiger charge is 2.07. The standard InChI is InChI=1S/C17H18FN3/c1-13-3-5-14(6-4-13)16-12-21-9-7-15(11-17(21)19-16)20(2)10-8-18/h3-7,9,11-12H,8,10H2,1-2H3. The van der Waals surface area contributed by atoms with Gasteiger partial charge in [-0.2, -0.15) is 0 Å². The van der Waals surface area contributed by atoms with E-state index in [1.54, 1.807) is 0 Å². The van der Waals surface area contributed by atoms with Crippen LogP contribution < -0.4 is 4.90 Å². The van der Waals surface area contributed by atoms with Crippen molar-refractivity contribution in [1.29, 1.82) is 0 Å². The lowest BCUT2D eigenvalue weighted by Crippen LogP contribution is -2.19. The lowest BCUT2D eigenvalue weighted by molar-refractivity contribution is 0.497. The highest BCUT2D eigenvalue weighted by molar-refractivity contribution is 5.65. The molecule has 1 aromatic carbocycles. The van der Waals surface area contributed by atoms with E-state index in [4.69, 9.17) is 0 Å². The predicted octanol–water partition coefficient (Wildman–Crippen LogP) is 3.72. The molecule has 0 amide bonds. The van der Waals surface area contributed by atoms with Crippen molar-refractivity contribution in [2.75, 3.05) is 25.2 Å². The lowest BCUT2D eigenvalue weighted by atomic mass is 10.1. The first-order chi connectivity index (χ1) is 10.2. The topological polar surface area (TPSA) is 20.5 Å². The summed E-state index contributed by atoms with van der Waals surface area (Å²) in [7, 11) is 1.88. The second-order valence-electron chi connectivity index (χ2n) is 5.25. The van der Waals surface area contributed by atoms with Crippen molar-refractivity contribution in [3.05, 3.63) is 54.4 Å². The van der Waals surface area contributed by atoms with E-state index in [2.05, 4.69) is 36.2 Å². The van der Waals surface area contributed by atoms with Gasteiger partial charge in [-0.15, -0.1) is 0 Å². The summed E-state index contributed by atoms with van der Waals surface area (Å²) in [4.78, 5) is 6.55. The summed E-state index contributed by atoms with van der Waals surface area (Å²) in [6, 6.07) is 12.3. The SMILES string of the molecule is Cc1ccc(-c2cn3ccc(N(C)CCF)cc3n2)cc1. The van der Waals surface area contributed by atoms with Gasteiger partial charge in [-0.1, -0.05) is 29.8 Å². The number of alkyl halides is 1. The quantitative estimate of drug-likeness (QED) is 0.727. The molecule has 4 heteroatoms. The summed E-state index contributed by atoms with van der Waals surface area (Å²) in [5.74, 6) is 0. The van der Waals surface area contributed by atoms with E-state index >= 15 is 0 Å². The van der Waals surface area contributed by atoms with E-state index in [0.717, 1.165) is 22.6 Å². The maximum atomic E-state index is 12.4. The molecule has 108 valence electrons. The van der Waals surface area contributed by atoms with Crippen LogP contribution in [0.1, 0.15) is 5.56 Å². The number of hydrogen-bond donors (Lipinski definition) is 0. The number of hydrogen-bond acceptors (Lipinski definition) is 2. The van der Waals surface area contributed by atoms with Gasteiger partial charge in [0.25, 0.3) is 0 Å². The Bertz CT molecular complexity index is 746. The molecular formula is C17H18FN3. The molecule has 3 aromatic rings. The van der Waals surface area contributed by atoms with Crippen LogP contribution in [0, 0.1) is 6.92 Å². The number of benzene rings is 1. The van der Waals surface area contributed by atoms with Gasteiger partial charge in [0.1, 0.15) is 12.3 Å². The summed E-state index contributed by atoms with van der Waals surface area (Å²) >= 11 is 0. The Morgan fingerprint density at radius 2 is 1.95 bits per heavy atom. The zero-order chi connectivity index (χ0) is 14.8. The molecular weight excluding hydrogens is 265 g/mol. The summed E-state index contributed by atoms with van der Waals surface area (Å²) in [5.41, 5.74) is 5.12. The number of halogens is 1. The molecule has 0 spiro atoms. The van der Waals surface area contributed by atoms with Crippen molar-refractivity contribution in [2.24, 2.45) is 0 Å². The van der Waals surface area contributed by atoms with E-state index in [1.807, 2.05) is 40.9 Å². The Kier molecular flexibility index (Phi) is 3.60. The molecule has 2 heterocycles. The zero-order valence-electron chi connectivity index (χ0n) is 12.3. The largest absolute Gasteiger partial charge is 0.372 e. The molecule has 3 rings (SSSR count). The zero-order valence-corrected chi connectivity index (χ0v) is 12.3. The summed E-state index contributed by atoms with van der Waals surface area (Å²) < 4.78 is 14.4. The number of aryl methyl sites for hydroxylation is 1. The van der Waals surface area contributed by atoms with Gasteiger partial charge in [0.05, 0.1) is 5.69 Å². The molecule has 0 aliphatic heterocycles. The first-order valence-corrected chi connectivity index (χ1v) is 7.00. The Morgan fingerprint density at radius 1 is 1.19 bits per heavy atom. The van der Waals surface area contributed by atoms with Crippen LogP contribution >= 0.6 is 0 Å². The maximum Gasteiger partial charge on any atom is 0.139 e. The molecule has 0 aliphatic rings. The van der Waals surface area contributed by atoms with Gasteiger partial charge in [-0.05, 0) is 13.0 Å². The van der Waals surface area contributed by atoms with Gasteiger partial charge in [0, 0.05) is 43.3 Å². The van der Waals surface area contributed by atoms with Gasteiger partial charge in [-0.3, -0.25) is 0 Å². The van der Waals surface area contributed by atoms with Crippen LogP contribution in [-0.4, -0.2) is 29.7 Å². The van der Waals surface area contributed by atoms with Crippen LogP contribution in [0.4, 0.5) is 10.1 Å². The Balaban J connectivity index is 1.98. The molecule has 0 saturated heterocycles. The van der Waals surface area contributed by atoms with Crippen molar-refractivity contribution < 1.29 is 4.39 Å². The fourth-order valence-corrected chi connectivity index (χ4v) is 2.33. The molecule has 2 aromatic heterocycles. The average molecular weight is 283 g/mol. The van der Waals surface area contributed by atoms with E-state index in [1.165, 1.54) is 5.56 Å². The summed E-state index contributed by atoms with van der Waals surface area (Å²) in [5, 5.41) is 0. The number of aromatic nitrogens is 2. The van der Waals surface area contributed by atoms with Crippen molar-refractivity contribution in [3.8, 4) is 11.3 Å². The van der Waals surface area contributed by atoms with E-state index in [9.17, 15) is 4.39 Å². The maximum absolute atomic E-state index is 12.4. The smallest absolute Gasteiger partial charge is 0.139 e. The molecule has 0 bridgehead atoms. The third kappa shape index (κ3) is 2.75. The molecule has 0 unspecified atom stereocenters. The average Bonchev–Trinajstić information content (AvgIpc) is 2.91. The minimum Gasteiger partial charge on any atom is -0.372 e. The van der Waals surface area contributed by atoms with E-state index in [-0.39, 0.29) is 6.67 Å². The van der Waals surface area contributed by atoms with E-state index < -0.39 is 0 Å². The van der Waals surface area contributed by atoms with Crippen molar-refractivity contribution in [1.82, 2.24) is 9.38 Å². The van der Waals surface area contributed by atoms with Crippen molar-refractivity contribution in [3.63, 3.8) is 0 Å². The Hall–Kier alpha value is -2.36. The number of imidazole rings is 1. The molecule has 3 nitrogen and oxygen atoms in total. The number of nitrogens with zero attached hydrogens (tertiary/aromatic N) is 3. The second-order valence-corrected chi connectivity index (χ2v) is 5.25. The van der Waals surface area contributed by atoms with Crippen LogP contribution in [0.15, 0.2) is 48.8 Å². The third-order valence-electron chi connectivity index (χ3n) is 3.65. The molecule has 0 radical (unpaired) electrons. The first-order valence-electron chi connectivity index (χ1n) is 7.00. The predicted molar refractivity (Wildman–Crippen MR) is 84.6 cm³/mol. The van der Waals surface area contributed by atoms with Crippen LogP contribution in [0.3, 0.4) is 0 Å². The Morgan fingerprint density at radius 3 is 2.67 bits per heavy atom. The molecule has 0 fully saturated rings. The van der Waals surface area contributed by atoms with Crippen molar-refractivity contribution in [2.45, 2.75) is 6.92 Å². The number of fused-ring (bicyclic) bond motifs is 1. The normalized spacial score (nSPS) is 11.0. The van der Waals surface area contributed by atoms with Gasteiger partial charge in [0.15, 0.2) is 0 Å². The van der Waals surface area contributed by atoms with Gasteiger partial charge in [-0.25, -0.2) is 9.37 Å². The molecule has 21 heavy (non-hydrogen) atoms. The first kappa shape index (κ1) is 13.6. The van der Waals surface area contributed by atoms with Crippen LogP contribution in [0.25, 0.3) is 16.9 Å². The van der Waals surface area contributed by atoms with E-state index in [0.29, 0.717) is 6.54 Å². The minimum atomic E-state index is -0.356. The second kappa shape index (κ2) is 5.56. The molecule has 0 atom stereocenters. The molecule has 0 aliphatic carbocycles. The lowest BCUT2D eigenvalue weighted by Gasteiger charge is -2.17. The van der Waals surface area contributed by atoms with Gasteiger partial charge >= 0.3 is 0 Å². The van der Waals surface area contributed by atoms with Crippen molar-refractivity contribution >= 4 is 11.3 Å². The number of anilines is 1. The fourth-order valence-electron chi connectivity index (χ4n) is 2.33. The fraction of sp³-hybridized carbons (Fsp3) is 0.235. The van der Waals surface area contributed by atoms with Gasteiger partial charge < -0.3 is 9.30 Å². The van der Waals surface area contributed by atoms with Crippen LogP contribution in [-0.2, 0) is 0 Å². The van der Waals surface area contributed by atoms with Crippen LogP contribution in [0.5, 0.6) is 0 Å². The summed E-state index contributed by atoms with van der Waals surface area (Å²) in [6.07, 6.45) is 3.98. The number of pyridine rings is 1. The Labute approximate surface area is 123 Å². The third-order valence-corrected chi connectivity index (χ3v) is 3.65. The summed E-state index contributed by atoms with van der Waals surface area (Å²) in [6.45, 7) is 2.10. The highest BCUT2D eigenvalue weighted by Crippen LogP contribution is 2.22. The molecule has 0 saturated carbocycles. The highest BCUT2D eigenvalue weighted by atomic mass is 19.1. The monoisotopic (exact) mass is 283 g/mol. The number of rotatable bonds is 4. The van der Waals surface area contributed by atoms with Gasteiger partial charge in [0.2, 0.25) is 0 Å². The van der Waals surface area contributed by atoms with Crippen LogP contribution in [0.2, 0.25) is 0 Å². The molecule has 0 N–H and O–H groups in total. The minimum absolute atomic E-state index is 0.356.